The van der Waals surface area contributed by atoms with Crippen LogP contribution in [0.4, 0.5) is 4.79 Å². The number of carbonyl (C=O) groups is 1. The molecule has 0 aromatic rings. The van der Waals surface area contributed by atoms with Crippen molar-refractivity contribution in [3.63, 3.8) is 0 Å². The minimum absolute atomic E-state index is 0.0874. The van der Waals surface area contributed by atoms with Crippen LogP contribution >= 0.6 is 0 Å². The van der Waals surface area contributed by atoms with Gasteiger partial charge in [-0.15, -0.1) is 0 Å². The zero-order valence-electron chi connectivity index (χ0n) is 13.9. The molecule has 124 valence electrons. The fourth-order valence-corrected chi connectivity index (χ4v) is 2.16. The van der Waals surface area contributed by atoms with Gasteiger partial charge in [-0.25, -0.2) is 4.79 Å². The molecule has 1 fully saturated rings. The molecule has 1 unspecified atom stereocenters. The van der Waals surface area contributed by atoms with E-state index in [4.69, 9.17) is 14.2 Å². The van der Waals surface area contributed by atoms with E-state index >= 15 is 0 Å². The van der Waals surface area contributed by atoms with Crippen molar-refractivity contribution in [3.8, 4) is 0 Å². The Morgan fingerprint density at radius 3 is 2.67 bits per heavy atom. The van der Waals surface area contributed by atoms with E-state index in [1.807, 2.05) is 20.8 Å². The lowest BCUT2D eigenvalue weighted by atomic mass is 9.99. The highest BCUT2D eigenvalue weighted by atomic mass is 16.6. The lowest BCUT2D eigenvalue weighted by Crippen LogP contribution is -2.40. The van der Waals surface area contributed by atoms with Crippen molar-refractivity contribution in [2.45, 2.75) is 65.1 Å². The molecule has 1 rings (SSSR count). The molecule has 2 atom stereocenters. The van der Waals surface area contributed by atoms with Crippen molar-refractivity contribution < 1.29 is 19.0 Å². The molecular formula is C16H31NO4. The molecule has 0 aliphatic carbocycles. The molecule has 0 radical (unpaired) electrons. The molecule has 1 aliphatic heterocycles. The highest BCUT2D eigenvalue weighted by Crippen LogP contribution is 2.19. The first-order valence-corrected chi connectivity index (χ1v) is 8.07. The summed E-state index contributed by atoms with van der Waals surface area (Å²) < 4.78 is 16.6. The van der Waals surface area contributed by atoms with Gasteiger partial charge in [0.1, 0.15) is 5.60 Å². The third-order valence-electron chi connectivity index (χ3n) is 3.33. The van der Waals surface area contributed by atoms with Crippen LogP contribution in [0.25, 0.3) is 0 Å². The standard InChI is InChI=1S/C16H31NO4/c1-5-6-9-19-11-13-7-8-14(20-12-13)10-17-15(18)21-16(2,3)4/h13-14H,5-12H2,1-4H3,(H,17,18)/t13-,14?/m0/s1. The molecule has 1 N–H and O–H groups in total. The minimum Gasteiger partial charge on any atom is -0.444 e. The van der Waals surface area contributed by atoms with Crippen LogP contribution in [0, 0.1) is 5.92 Å². The van der Waals surface area contributed by atoms with Crippen LogP contribution in [0.2, 0.25) is 0 Å². The molecule has 0 aromatic carbocycles. The van der Waals surface area contributed by atoms with Gasteiger partial charge in [-0.1, -0.05) is 13.3 Å². The maximum Gasteiger partial charge on any atom is 0.407 e. The van der Waals surface area contributed by atoms with Crippen molar-refractivity contribution in [2.24, 2.45) is 5.92 Å². The molecule has 1 saturated heterocycles. The zero-order valence-corrected chi connectivity index (χ0v) is 13.9. The van der Waals surface area contributed by atoms with E-state index in [-0.39, 0.29) is 12.2 Å². The molecule has 0 aromatic heterocycles. The van der Waals surface area contributed by atoms with Crippen molar-refractivity contribution >= 4 is 6.09 Å². The minimum atomic E-state index is -0.460. The highest BCUT2D eigenvalue weighted by Gasteiger charge is 2.23. The van der Waals surface area contributed by atoms with Crippen LogP contribution in [0.5, 0.6) is 0 Å². The Hall–Kier alpha value is -0.810. The van der Waals surface area contributed by atoms with Crippen molar-refractivity contribution in [1.29, 1.82) is 0 Å². The van der Waals surface area contributed by atoms with Crippen LogP contribution < -0.4 is 5.32 Å². The predicted octanol–water partition coefficient (Wildman–Crippen LogP) is 3.12. The summed E-state index contributed by atoms with van der Waals surface area (Å²) in [6, 6.07) is 0. The second kappa shape index (κ2) is 9.26. The molecule has 5 heteroatoms. The van der Waals surface area contributed by atoms with Crippen LogP contribution in [-0.2, 0) is 14.2 Å². The van der Waals surface area contributed by atoms with Crippen molar-refractivity contribution in [2.75, 3.05) is 26.4 Å². The molecule has 1 amide bonds. The molecule has 0 bridgehead atoms. The van der Waals surface area contributed by atoms with E-state index in [9.17, 15) is 4.79 Å². The number of carbonyl (C=O) groups excluding carboxylic acids is 1. The fourth-order valence-electron chi connectivity index (χ4n) is 2.16. The van der Waals surface area contributed by atoms with E-state index in [0.29, 0.717) is 19.1 Å². The van der Waals surface area contributed by atoms with Gasteiger partial charge in [-0.3, -0.25) is 0 Å². The van der Waals surface area contributed by atoms with Crippen molar-refractivity contribution in [1.82, 2.24) is 5.32 Å². The Balaban J connectivity index is 2.09. The second-order valence-corrected chi connectivity index (χ2v) is 6.71. The Morgan fingerprint density at radius 1 is 1.33 bits per heavy atom. The van der Waals surface area contributed by atoms with Gasteiger partial charge in [0.2, 0.25) is 0 Å². The van der Waals surface area contributed by atoms with Crippen LogP contribution in [-0.4, -0.2) is 44.2 Å². The topological polar surface area (TPSA) is 56.8 Å². The van der Waals surface area contributed by atoms with Gasteiger partial charge in [-0.05, 0) is 40.0 Å². The van der Waals surface area contributed by atoms with Gasteiger partial charge < -0.3 is 19.5 Å². The van der Waals surface area contributed by atoms with E-state index < -0.39 is 5.60 Å². The number of hydrogen-bond acceptors (Lipinski definition) is 4. The Morgan fingerprint density at radius 2 is 2.10 bits per heavy atom. The first-order valence-electron chi connectivity index (χ1n) is 8.07. The maximum atomic E-state index is 11.6. The lowest BCUT2D eigenvalue weighted by molar-refractivity contribution is -0.0418. The average Bonchev–Trinajstić information content (AvgIpc) is 2.41. The predicted molar refractivity (Wildman–Crippen MR) is 82.4 cm³/mol. The molecule has 0 spiro atoms. The Labute approximate surface area is 128 Å². The van der Waals surface area contributed by atoms with Gasteiger partial charge in [-0.2, -0.15) is 0 Å². The monoisotopic (exact) mass is 301 g/mol. The number of ether oxygens (including phenoxy) is 3. The largest absolute Gasteiger partial charge is 0.444 e. The van der Waals surface area contributed by atoms with E-state index in [0.717, 1.165) is 32.5 Å². The summed E-state index contributed by atoms with van der Waals surface area (Å²) in [4.78, 5) is 11.6. The molecule has 1 aliphatic rings. The number of amides is 1. The molecular weight excluding hydrogens is 270 g/mol. The average molecular weight is 301 g/mol. The molecule has 5 nitrogen and oxygen atoms in total. The Bertz CT molecular complexity index is 293. The number of alkyl carbamates (subject to hydrolysis) is 1. The number of rotatable bonds is 7. The molecule has 21 heavy (non-hydrogen) atoms. The summed E-state index contributed by atoms with van der Waals surface area (Å²) >= 11 is 0. The van der Waals surface area contributed by atoms with Gasteiger partial charge in [0.25, 0.3) is 0 Å². The summed E-state index contributed by atoms with van der Waals surface area (Å²) in [5.74, 6) is 0.486. The summed E-state index contributed by atoms with van der Waals surface area (Å²) in [5.41, 5.74) is -0.460. The number of unbranched alkanes of at least 4 members (excludes halogenated alkanes) is 1. The SMILES string of the molecule is CCCCOC[C@@H]1CCC(CNC(=O)OC(C)(C)C)OC1. The van der Waals surface area contributed by atoms with Gasteiger partial charge in [0, 0.05) is 19.1 Å². The molecule has 1 heterocycles. The van der Waals surface area contributed by atoms with Crippen LogP contribution in [0.3, 0.4) is 0 Å². The third kappa shape index (κ3) is 8.94. The summed E-state index contributed by atoms with van der Waals surface area (Å²) in [5, 5.41) is 2.77. The van der Waals surface area contributed by atoms with E-state index in [2.05, 4.69) is 12.2 Å². The highest BCUT2D eigenvalue weighted by molar-refractivity contribution is 5.67. The lowest BCUT2D eigenvalue weighted by Gasteiger charge is -2.29. The molecule has 0 saturated carbocycles. The summed E-state index contributed by atoms with van der Waals surface area (Å²) in [7, 11) is 0. The first kappa shape index (κ1) is 18.2. The smallest absolute Gasteiger partial charge is 0.407 e. The van der Waals surface area contributed by atoms with Crippen LogP contribution in [0.15, 0.2) is 0 Å². The number of hydrogen-bond donors (Lipinski definition) is 1. The maximum absolute atomic E-state index is 11.6. The van der Waals surface area contributed by atoms with Crippen molar-refractivity contribution in [3.05, 3.63) is 0 Å². The number of nitrogens with one attached hydrogen (secondary N) is 1. The zero-order chi connectivity index (χ0) is 15.7. The summed E-state index contributed by atoms with van der Waals surface area (Å²) in [6.07, 6.45) is 4.04. The van der Waals surface area contributed by atoms with Gasteiger partial charge >= 0.3 is 6.09 Å². The second-order valence-electron chi connectivity index (χ2n) is 6.71. The van der Waals surface area contributed by atoms with E-state index in [1.165, 1.54) is 6.42 Å². The third-order valence-corrected chi connectivity index (χ3v) is 3.33. The van der Waals surface area contributed by atoms with Crippen LogP contribution in [0.1, 0.15) is 53.4 Å². The van der Waals surface area contributed by atoms with E-state index in [1.54, 1.807) is 0 Å². The normalized spacial score (nSPS) is 22.9. The Kier molecular flexibility index (Phi) is 8.04. The first-order chi connectivity index (χ1) is 9.90. The summed E-state index contributed by atoms with van der Waals surface area (Å²) in [6.45, 7) is 10.6. The fraction of sp³-hybridized carbons (Fsp3) is 0.938. The van der Waals surface area contributed by atoms with Gasteiger partial charge in [0.05, 0.1) is 19.3 Å². The van der Waals surface area contributed by atoms with Gasteiger partial charge in [0.15, 0.2) is 0 Å². The quantitative estimate of drug-likeness (QED) is 0.734.